The summed E-state index contributed by atoms with van der Waals surface area (Å²) in [5.41, 5.74) is -5.52. The topological polar surface area (TPSA) is 193 Å². The predicted molar refractivity (Wildman–Crippen MR) is 145 cm³/mol. The molecule has 2 aliphatic carbocycles. The number of aliphatic hydroxyl groups is 7. The van der Waals surface area contributed by atoms with E-state index in [2.05, 4.69) is 4.98 Å². The van der Waals surface area contributed by atoms with Gasteiger partial charge in [-0.15, -0.1) is 0 Å². The highest BCUT2D eigenvalue weighted by molar-refractivity contribution is 6.14. The summed E-state index contributed by atoms with van der Waals surface area (Å²) >= 11 is 0. The highest BCUT2D eigenvalue weighted by Crippen LogP contribution is 2.65. The van der Waals surface area contributed by atoms with Crippen molar-refractivity contribution < 1.29 is 50.0 Å². The summed E-state index contributed by atoms with van der Waals surface area (Å²) in [6.45, 7) is -1.13. The number of carbonyl (C=O) groups is 1. The number of esters is 1. The van der Waals surface area contributed by atoms with Crippen LogP contribution in [0.2, 0.25) is 0 Å². The molecule has 11 nitrogen and oxygen atoms in total. The number of aliphatic hydroxyl groups excluding tert-OH is 4. The van der Waals surface area contributed by atoms with E-state index in [0.29, 0.717) is 10.9 Å². The van der Waals surface area contributed by atoms with Gasteiger partial charge >= 0.3 is 5.97 Å². The van der Waals surface area contributed by atoms with Gasteiger partial charge in [0, 0.05) is 11.8 Å². The second kappa shape index (κ2) is 8.69. The molecule has 11 heteroatoms. The number of rotatable bonds is 4. The van der Waals surface area contributed by atoms with Crippen molar-refractivity contribution in [2.24, 2.45) is 5.41 Å². The second-order valence-electron chi connectivity index (χ2n) is 11.8. The van der Waals surface area contributed by atoms with E-state index in [1.165, 1.54) is 0 Å². The average molecular weight is 566 g/mol. The van der Waals surface area contributed by atoms with E-state index in [0.717, 1.165) is 21.5 Å². The molecule has 3 aromatic carbocycles. The number of H-pyrrole nitrogens is 1. The standard InChI is InChI=1S/C30H31NO10/c32-13-21-23(22-19-10-16-4-2-1-3-15(16)9-17(19)5-6-20(22)31-21)40-26(36)24-25(35)28(37)8-7-27(14-33)11-18(34)12-29(27,38)30(28,39)41-24/h1-6,9-10,18,24-25,31-35,37-39H,7-8,11-14H2. The number of hydrogen-bond donors (Lipinski definition) is 8. The Balaban J connectivity index is 1.30. The Kier molecular flexibility index (Phi) is 5.67. The largest absolute Gasteiger partial charge is 0.422 e. The maximum absolute atomic E-state index is 13.6. The van der Waals surface area contributed by atoms with Crippen LogP contribution < -0.4 is 4.74 Å². The van der Waals surface area contributed by atoms with Crippen molar-refractivity contribution in [1.82, 2.24) is 4.98 Å². The molecule has 41 heavy (non-hydrogen) atoms. The highest BCUT2D eigenvalue weighted by Gasteiger charge is 2.82. The number of carbonyl (C=O) groups excluding carboxylic acids is 1. The Morgan fingerprint density at radius 2 is 1.71 bits per heavy atom. The molecule has 0 bridgehead atoms. The van der Waals surface area contributed by atoms with Crippen LogP contribution in [0.3, 0.4) is 0 Å². The molecular weight excluding hydrogens is 534 g/mol. The lowest BCUT2D eigenvalue weighted by molar-refractivity contribution is -0.386. The first-order chi connectivity index (χ1) is 19.5. The number of aromatic amines is 1. The smallest absolute Gasteiger partial charge is 0.343 e. The van der Waals surface area contributed by atoms with Gasteiger partial charge in [0.05, 0.1) is 35.9 Å². The SMILES string of the molecule is O=C(Oc1c(CO)[nH]c2ccc3cc4ccccc4cc3c12)C1OC2(O)C(O)(CCC3(CO)CC(O)CC32O)C1O. The Hall–Kier alpha value is -3.13. The third-order valence-electron chi connectivity index (χ3n) is 9.81. The van der Waals surface area contributed by atoms with Gasteiger partial charge in [-0.1, -0.05) is 30.3 Å². The lowest BCUT2D eigenvalue weighted by Crippen LogP contribution is -2.76. The number of nitrogens with one attached hydrogen (secondary N) is 1. The van der Waals surface area contributed by atoms with E-state index in [1.807, 2.05) is 42.5 Å². The van der Waals surface area contributed by atoms with Gasteiger partial charge < -0.3 is 50.2 Å². The van der Waals surface area contributed by atoms with Gasteiger partial charge in [0.25, 0.3) is 0 Å². The van der Waals surface area contributed by atoms with Gasteiger partial charge in [0.15, 0.2) is 17.5 Å². The summed E-state index contributed by atoms with van der Waals surface area (Å²) < 4.78 is 11.4. The molecule has 7 atom stereocenters. The van der Waals surface area contributed by atoms with Gasteiger partial charge in [-0.05, 0) is 59.0 Å². The fraction of sp³-hybridized carbons (Fsp3) is 0.433. The van der Waals surface area contributed by atoms with Crippen LogP contribution in [0.15, 0.2) is 48.5 Å². The van der Waals surface area contributed by atoms with E-state index in [9.17, 15) is 40.5 Å². The molecule has 3 fully saturated rings. The van der Waals surface area contributed by atoms with Crippen LogP contribution in [-0.2, 0) is 16.1 Å². The van der Waals surface area contributed by atoms with Crippen molar-refractivity contribution in [3.8, 4) is 5.75 Å². The molecule has 2 heterocycles. The minimum absolute atomic E-state index is 0.00209. The number of aromatic nitrogens is 1. The van der Waals surface area contributed by atoms with Gasteiger partial charge in [-0.25, -0.2) is 4.79 Å². The van der Waals surface area contributed by atoms with Crippen LogP contribution in [0.1, 0.15) is 31.4 Å². The van der Waals surface area contributed by atoms with E-state index in [4.69, 9.17) is 9.47 Å². The van der Waals surface area contributed by atoms with Crippen molar-refractivity contribution in [2.45, 2.75) is 67.6 Å². The summed E-state index contributed by atoms with van der Waals surface area (Å²) in [5, 5.41) is 80.7. The van der Waals surface area contributed by atoms with Gasteiger partial charge in [-0.3, -0.25) is 0 Å². The number of ether oxygens (including phenoxy) is 2. The molecule has 7 rings (SSSR count). The molecule has 1 aromatic heterocycles. The van der Waals surface area contributed by atoms with Crippen molar-refractivity contribution in [3.63, 3.8) is 0 Å². The molecule has 1 saturated heterocycles. The van der Waals surface area contributed by atoms with E-state index >= 15 is 0 Å². The first kappa shape index (κ1) is 26.7. The number of benzene rings is 3. The van der Waals surface area contributed by atoms with E-state index in [-0.39, 0.29) is 30.7 Å². The van der Waals surface area contributed by atoms with Crippen LogP contribution in [0.4, 0.5) is 0 Å². The molecule has 216 valence electrons. The predicted octanol–water partition coefficient (Wildman–Crippen LogP) is 0.710. The van der Waals surface area contributed by atoms with Crippen LogP contribution in [0.5, 0.6) is 5.75 Å². The summed E-state index contributed by atoms with van der Waals surface area (Å²) in [5.74, 6) is -4.07. The van der Waals surface area contributed by atoms with Gasteiger partial charge in [0.2, 0.25) is 5.79 Å². The van der Waals surface area contributed by atoms with E-state index < -0.39 is 66.3 Å². The van der Waals surface area contributed by atoms with Crippen molar-refractivity contribution in [1.29, 1.82) is 0 Å². The zero-order valence-electron chi connectivity index (χ0n) is 21.9. The average Bonchev–Trinajstić information content (AvgIpc) is 3.53. The van der Waals surface area contributed by atoms with Crippen molar-refractivity contribution in [2.75, 3.05) is 6.61 Å². The maximum Gasteiger partial charge on any atom is 0.343 e. The first-order valence-corrected chi connectivity index (χ1v) is 13.6. The van der Waals surface area contributed by atoms with Crippen LogP contribution in [0.25, 0.3) is 32.4 Å². The minimum atomic E-state index is -2.90. The summed E-state index contributed by atoms with van der Waals surface area (Å²) in [6, 6.07) is 15.4. The first-order valence-electron chi connectivity index (χ1n) is 13.6. The molecule has 0 radical (unpaired) electrons. The maximum atomic E-state index is 13.6. The highest BCUT2D eigenvalue weighted by atomic mass is 16.7. The summed E-state index contributed by atoms with van der Waals surface area (Å²) in [7, 11) is 0. The van der Waals surface area contributed by atoms with E-state index in [1.54, 1.807) is 6.07 Å². The molecule has 2 saturated carbocycles. The molecule has 7 unspecified atom stereocenters. The molecule has 3 aliphatic rings. The molecular formula is C30H31NO10. The third kappa shape index (κ3) is 3.28. The van der Waals surface area contributed by atoms with Crippen LogP contribution in [-0.4, -0.2) is 88.6 Å². The molecule has 0 spiro atoms. The molecule has 1 aliphatic heterocycles. The van der Waals surface area contributed by atoms with Gasteiger partial charge in [-0.2, -0.15) is 0 Å². The zero-order valence-corrected chi connectivity index (χ0v) is 21.9. The number of fused-ring (bicyclic) bond motifs is 7. The monoisotopic (exact) mass is 565 g/mol. The van der Waals surface area contributed by atoms with Crippen molar-refractivity contribution >= 4 is 38.4 Å². The van der Waals surface area contributed by atoms with Crippen LogP contribution >= 0.6 is 0 Å². The molecule has 4 aromatic rings. The van der Waals surface area contributed by atoms with Crippen molar-refractivity contribution in [3.05, 3.63) is 54.2 Å². The minimum Gasteiger partial charge on any atom is -0.422 e. The zero-order chi connectivity index (χ0) is 28.9. The summed E-state index contributed by atoms with van der Waals surface area (Å²) in [6.07, 6.45) is -5.95. The summed E-state index contributed by atoms with van der Waals surface area (Å²) in [4.78, 5) is 16.7. The Morgan fingerprint density at radius 3 is 2.41 bits per heavy atom. The fourth-order valence-corrected chi connectivity index (χ4v) is 7.63. The fourth-order valence-electron chi connectivity index (χ4n) is 7.63. The van der Waals surface area contributed by atoms with Crippen LogP contribution in [0, 0.1) is 5.41 Å². The Labute approximate surface area is 233 Å². The second-order valence-corrected chi connectivity index (χ2v) is 11.8. The number of hydrogen-bond acceptors (Lipinski definition) is 10. The Bertz CT molecular complexity index is 1720. The normalized spacial score (nSPS) is 36.6. The lowest BCUT2D eigenvalue weighted by atomic mass is 9.56. The molecule has 8 N–H and O–H groups in total. The lowest BCUT2D eigenvalue weighted by Gasteiger charge is -2.57. The Morgan fingerprint density at radius 1 is 0.976 bits per heavy atom. The quantitative estimate of drug-likeness (QED) is 0.129. The van der Waals surface area contributed by atoms with Gasteiger partial charge in [0.1, 0.15) is 11.7 Å². The third-order valence-corrected chi connectivity index (χ3v) is 9.81. The molecule has 0 amide bonds.